The molecule has 1 aromatic rings. The second kappa shape index (κ2) is 5.64. The predicted molar refractivity (Wildman–Crippen MR) is 68.1 cm³/mol. The van der Waals surface area contributed by atoms with E-state index in [4.69, 9.17) is 5.73 Å². The van der Waals surface area contributed by atoms with Crippen LogP contribution in [0, 0.1) is 0 Å². The minimum absolute atomic E-state index is 0.0165. The maximum absolute atomic E-state index is 12.0. The average Bonchev–Trinajstić information content (AvgIpc) is 2.75. The van der Waals surface area contributed by atoms with Gasteiger partial charge in [0.05, 0.1) is 6.04 Å². The quantitative estimate of drug-likeness (QED) is 0.689. The van der Waals surface area contributed by atoms with E-state index in [1.54, 1.807) is 6.07 Å². The molecule has 0 bridgehead atoms. The number of nitrogens with one attached hydrogen (secondary N) is 2. The summed E-state index contributed by atoms with van der Waals surface area (Å²) in [6.45, 7) is 1.07. The first-order chi connectivity index (χ1) is 8.69. The van der Waals surface area contributed by atoms with Gasteiger partial charge in [-0.3, -0.25) is 9.59 Å². The molecule has 5 nitrogen and oxygen atoms in total. The third-order valence-corrected chi connectivity index (χ3v) is 2.93. The SMILES string of the molecule is NCCc1cccc(C(=O)NC2CNC(=O)C2)c1. The van der Waals surface area contributed by atoms with Gasteiger partial charge in [0.25, 0.3) is 5.91 Å². The van der Waals surface area contributed by atoms with Crippen LogP contribution in [0.3, 0.4) is 0 Å². The Bertz CT molecular complexity index is 459. The number of benzene rings is 1. The Hall–Kier alpha value is -1.88. The van der Waals surface area contributed by atoms with Gasteiger partial charge in [-0.05, 0) is 30.7 Å². The van der Waals surface area contributed by atoms with Crippen molar-refractivity contribution in [3.63, 3.8) is 0 Å². The van der Waals surface area contributed by atoms with Crippen molar-refractivity contribution in [3.8, 4) is 0 Å². The van der Waals surface area contributed by atoms with Crippen molar-refractivity contribution in [2.45, 2.75) is 18.9 Å². The van der Waals surface area contributed by atoms with Crippen molar-refractivity contribution in [3.05, 3.63) is 35.4 Å². The molecule has 4 N–H and O–H groups in total. The van der Waals surface area contributed by atoms with E-state index in [9.17, 15) is 9.59 Å². The van der Waals surface area contributed by atoms with Gasteiger partial charge < -0.3 is 16.4 Å². The third kappa shape index (κ3) is 3.07. The van der Waals surface area contributed by atoms with Crippen molar-refractivity contribution in [1.82, 2.24) is 10.6 Å². The lowest BCUT2D eigenvalue weighted by molar-refractivity contribution is -0.119. The zero-order valence-corrected chi connectivity index (χ0v) is 10.1. The van der Waals surface area contributed by atoms with E-state index < -0.39 is 0 Å². The van der Waals surface area contributed by atoms with Crippen LogP contribution >= 0.6 is 0 Å². The smallest absolute Gasteiger partial charge is 0.251 e. The number of carbonyl (C=O) groups is 2. The topological polar surface area (TPSA) is 84.2 Å². The molecule has 2 amide bonds. The van der Waals surface area contributed by atoms with E-state index in [0.717, 1.165) is 12.0 Å². The Labute approximate surface area is 106 Å². The van der Waals surface area contributed by atoms with Gasteiger partial charge in [0.2, 0.25) is 5.91 Å². The molecule has 1 fully saturated rings. The summed E-state index contributed by atoms with van der Waals surface area (Å²) in [5.41, 5.74) is 7.15. The van der Waals surface area contributed by atoms with Gasteiger partial charge in [-0.2, -0.15) is 0 Å². The minimum Gasteiger partial charge on any atom is -0.354 e. The van der Waals surface area contributed by atoms with E-state index in [-0.39, 0.29) is 17.9 Å². The fraction of sp³-hybridized carbons (Fsp3) is 0.385. The molecule has 0 radical (unpaired) electrons. The maximum Gasteiger partial charge on any atom is 0.251 e. The van der Waals surface area contributed by atoms with Gasteiger partial charge in [-0.15, -0.1) is 0 Å². The summed E-state index contributed by atoms with van der Waals surface area (Å²) in [5.74, 6) is -0.160. The number of rotatable bonds is 4. The predicted octanol–water partition coefficient (Wildman–Crippen LogP) is -0.194. The maximum atomic E-state index is 12.0. The molecule has 0 aliphatic carbocycles. The van der Waals surface area contributed by atoms with E-state index in [1.165, 1.54) is 0 Å². The lowest BCUT2D eigenvalue weighted by Gasteiger charge is -2.11. The summed E-state index contributed by atoms with van der Waals surface area (Å²) in [7, 11) is 0. The molecule has 1 unspecified atom stereocenters. The molecule has 18 heavy (non-hydrogen) atoms. The Morgan fingerprint density at radius 3 is 3.00 bits per heavy atom. The largest absolute Gasteiger partial charge is 0.354 e. The van der Waals surface area contributed by atoms with Gasteiger partial charge in [0.1, 0.15) is 0 Å². The minimum atomic E-state index is -0.143. The number of nitrogens with two attached hydrogens (primary N) is 1. The van der Waals surface area contributed by atoms with Crippen LogP contribution in [0.2, 0.25) is 0 Å². The summed E-state index contributed by atoms with van der Waals surface area (Å²) in [6, 6.07) is 7.29. The lowest BCUT2D eigenvalue weighted by atomic mass is 10.1. The van der Waals surface area contributed by atoms with Crippen LogP contribution in [-0.2, 0) is 11.2 Å². The van der Waals surface area contributed by atoms with Crippen LogP contribution in [0.5, 0.6) is 0 Å². The number of amides is 2. The third-order valence-electron chi connectivity index (χ3n) is 2.93. The average molecular weight is 247 g/mol. The normalized spacial score (nSPS) is 18.5. The van der Waals surface area contributed by atoms with Crippen molar-refractivity contribution in [2.75, 3.05) is 13.1 Å². The number of hydrogen-bond donors (Lipinski definition) is 3. The molecule has 96 valence electrons. The Balaban J connectivity index is 1.99. The molecular formula is C13H17N3O2. The molecule has 1 aliphatic rings. The van der Waals surface area contributed by atoms with Gasteiger partial charge >= 0.3 is 0 Å². The van der Waals surface area contributed by atoms with Crippen molar-refractivity contribution in [2.24, 2.45) is 5.73 Å². The highest BCUT2D eigenvalue weighted by atomic mass is 16.2. The van der Waals surface area contributed by atoms with Gasteiger partial charge in [-0.25, -0.2) is 0 Å². The fourth-order valence-corrected chi connectivity index (χ4v) is 2.01. The summed E-state index contributed by atoms with van der Waals surface area (Å²) in [6.07, 6.45) is 1.11. The highest BCUT2D eigenvalue weighted by Crippen LogP contribution is 2.07. The van der Waals surface area contributed by atoms with E-state index in [2.05, 4.69) is 10.6 Å². The van der Waals surface area contributed by atoms with Gasteiger partial charge in [-0.1, -0.05) is 12.1 Å². The first-order valence-electron chi connectivity index (χ1n) is 6.05. The zero-order chi connectivity index (χ0) is 13.0. The van der Waals surface area contributed by atoms with Crippen LogP contribution in [-0.4, -0.2) is 30.9 Å². The lowest BCUT2D eigenvalue weighted by Crippen LogP contribution is -2.36. The second-order valence-electron chi connectivity index (χ2n) is 4.42. The van der Waals surface area contributed by atoms with Crippen LogP contribution in [0.25, 0.3) is 0 Å². The second-order valence-corrected chi connectivity index (χ2v) is 4.42. The molecule has 1 aromatic carbocycles. The summed E-state index contributed by atoms with van der Waals surface area (Å²) in [4.78, 5) is 23.0. The molecule has 0 spiro atoms. The monoisotopic (exact) mass is 247 g/mol. The fourth-order valence-electron chi connectivity index (χ4n) is 2.01. The zero-order valence-electron chi connectivity index (χ0n) is 10.1. The van der Waals surface area contributed by atoms with Crippen molar-refractivity contribution in [1.29, 1.82) is 0 Å². The van der Waals surface area contributed by atoms with Gasteiger partial charge in [0, 0.05) is 18.5 Å². The first kappa shape index (κ1) is 12.6. The molecule has 0 saturated carbocycles. The molecule has 1 atom stereocenters. The standard InChI is InChI=1S/C13H17N3O2/c14-5-4-9-2-1-3-10(6-9)13(18)16-11-7-12(17)15-8-11/h1-3,6,11H,4-5,7-8,14H2,(H,15,17)(H,16,18). The highest BCUT2D eigenvalue weighted by molar-refractivity contribution is 5.95. The Morgan fingerprint density at radius 2 is 2.33 bits per heavy atom. The van der Waals surface area contributed by atoms with Crippen LogP contribution < -0.4 is 16.4 Å². The molecule has 1 saturated heterocycles. The Morgan fingerprint density at radius 1 is 1.50 bits per heavy atom. The summed E-state index contributed by atoms with van der Waals surface area (Å²) in [5, 5.41) is 5.53. The molecule has 1 heterocycles. The van der Waals surface area contributed by atoms with Crippen LogP contribution in [0.1, 0.15) is 22.3 Å². The molecule has 5 heteroatoms. The molecule has 1 aliphatic heterocycles. The number of hydrogen-bond acceptors (Lipinski definition) is 3. The molecule has 2 rings (SSSR count). The molecule has 0 aromatic heterocycles. The summed E-state index contributed by atoms with van der Waals surface area (Å²) >= 11 is 0. The Kier molecular flexibility index (Phi) is 3.94. The van der Waals surface area contributed by atoms with Crippen LogP contribution in [0.15, 0.2) is 24.3 Å². The summed E-state index contributed by atoms with van der Waals surface area (Å²) < 4.78 is 0. The van der Waals surface area contributed by atoms with E-state index in [1.807, 2.05) is 18.2 Å². The van der Waals surface area contributed by atoms with E-state index in [0.29, 0.717) is 25.1 Å². The highest BCUT2D eigenvalue weighted by Gasteiger charge is 2.23. The van der Waals surface area contributed by atoms with E-state index >= 15 is 0 Å². The van der Waals surface area contributed by atoms with Crippen molar-refractivity contribution >= 4 is 11.8 Å². The number of carbonyl (C=O) groups excluding carboxylic acids is 2. The van der Waals surface area contributed by atoms with Crippen molar-refractivity contribution < 1.29 is 9.59 Å². The molecular weight excluding hydrogens is 230 g/mol. The first-order valence-corrected chi connectivity index (χ1v) is 6.05. The van der Waals surface area contributed by atoms with Gasteiger partial charge in [0.15, 0.2) is 0 Å². The van der Waals surface area contributed by atoms with Crippen LogP contribution in [0.4, 0.5) is 0 Å².